The maximum atomic E-state index is 13.0. The van der Waals surface area contributed by atoms with Crippen LogP contribution < -0.4 is 0 Å². The summed E-state index contributed by atoms with van der Waals surface area (Å²) in [5, 5.41) is 0. The Labute approximate surface area is 140 Å². The van der Waals surface area contributed by atoms with Gasteiger partial charge in [-0.1, -0.05) is 6.07 Å². The molecule has 0 saturated carbocycles. The van der Waals surface area contributed by atoms with E-state index in [2.05, 4.69) is 15.0 Å². The predicted octanol–water partition coefficient (Wildman–Crippen LogP) is 2.72. The van der Waals surface area contributed by atoms with E-state index in [-0.39, 0.29) is 11.9 Å². The van der Waals surface area contributed by atoms with E-state index in [0.29, 0.717) is 5.69 Å². The molecule has 1 unspecified atom stereocenters. The van der Waals surface area contributed by atoms with Gasteiger partial charge < -0.3 is 9.30 Å². The summed E-state index contributed by atoms with van der Waals surface area (Å²) in [7, 11) is 0. The largest absolute Gasteiger partial charge is 0.329 e. The van der Waals surface area contributed by atoms with E-state index in [1.165, 1.54) is 0 Å². The van der Waals surface area contributed by atoms with Crippen LogP contribution in [-0.4, -0.2) is 36.7 Å². The number of amides is 1. The molecule has 0 radical (unpaired) electrons. The fourth-order valence-corrected chi connectivity index (χ4v) is 3.36. The first-order valence-electron chi connectivity index (χ1n) is 8.18. The molecule has 3 aromatic rings. The zero-order valence-corrected chi connectivity index (χ0v) is 13.8. The number of fused-ring (bicyclic) bond motifs is 1. The number of rotatable bonds is 2. The molecule has 0 aliphatic carbocycles. The van der Waals surface area contributed by atoms with Crippen molar-refractivity contribution < 1.29 is 4.79 Å². The van der Waals surface area contributed by atoms with Gasteiger partial charge in [-0.15, -0.1) is 0 Å². The summed E-state index contributed by atoms with van der Waals surface area (Å²) in [6, 6.07) is 5.85. The molecular formula is C18H19N5O. The second-order valence-electron chi connectivity index (χ2n) is 6.26. The van der Waals surface area contributed by atoms with E-state index in [4.69, 9.17) is 0 Å². The van der Waals surface area contributed by atoms with Crippen molar-refractivity contribution in [3.8, 4) is 0 Å². The molecule has 1 aliphatic heterocycles. The van der Waals surface area contributed by atoms with Crippen LogP contribution in [0.3, 0.4) is 0 Å². The maximum absolute atomic E-state index is 13.0. The van der Waals surface area contributed by atoms with Gasteiger partial charge in [0, 0.05) is 24.6 Å². The summed E-state index contributed by atoms with van der Waals surface area (Å²) in [4.78, 5) is 28.2. The number of likely N-dealkylation sites (tertiary alicyclic amines) is 1. The summed E-state index contributed by atoms with van der Waals surface area (Å²) in [5.41, 5.74) is 4.07. The summed E-state index contributed by atoms with van der Waals surface area (Å²) < 4.78 is 1.95. The predicted molar refractivity (Wildman–Crippen MR) is 89.7 cm³/mol. The molecule has 0 N–H and O–H groups in total. The van der Waals surface area contributed by atoms with Crippen LogP contribution in [0.2, 0.25) is 0 Å². The molecule has 0 bridgehead atoms. The number of aryl methyl sites for hydroxylation is 2. The Morgan fingerprint density at radius 3 is 2.88 bits per heavy atom. The number of hydrogen-bond donors (Lipinski definition) is 0. The van der Waals surface area contributed by atoms with Gasteiger partial charge in [0.25, 0.3) is 5.91 Å². The molecule has 0 aromatic carbocycles. The monoisotopic (exact) mass is 321 g/mol. The molecule has 6 nitrogen and oxygen atoms in total. The van der Waals surface area contributed by atoms with Gasteiger partial charge >= 0.3 is 0 Å². The van der Waals surface area contributed by atoms with Gasteiger partial charge in [-0.05, 0) is 38.8 Å². The third-order valence-corrected chi connectivity index (χ3v) is 4.54. The van der Waals surface area contributed by atoms with Crippen LogP contribution in [0.25, 0.3) is 5.65 Å². The lowest BCUT2D eigenvalue weighted by Crippen LogP contribution is -2.31. The first-order chi connectivity index (χ1) is 11.6. The highest BCUT2D eigenvalue weighted by Gasteiger charge is 2.32. The second kappa shape index (κ2) is 5.70. The van der Waals surface area contributed by atoms with Gasteiger partial charge in [-0.2, -0.15) is 0 Å². The standard InChI is InChI=1S/C18H19N5O/c1-12-9-19-10-14(20-12)16-6-4-8-22(16)18(24)15-11-23-13(2)5-3-7-17(23)21-15/h3,5,7,9-11,16H,4,6,8H2,1-2H3. The van der Waals surface area contributed by atoms with Crippen LogP contribution in [0.1, 0.15) is 46.5 Å². The Bertz CT molecular complexity index is 917. The number of aromatic nitrogens is 4. The van der Waals surface area contributed by atoms with Gasteiger partial charge in [0.15, 0.2) is 0 Å². The van der Waals surface area contributed by atoms with Crippen LogP contribution in [0, 0.1) is 13.8 Å². The number of nitrogens with zero attached hydrogens (tertiary/aromatic N) is 5. The minimum absolute atomic E-state index is 0.0178. The van der Waals surface area contributed by atoms with Crippen LogP contribution in [-0.2, 0) is 0 Å². The molecule has 1 atom stereocenters. The molecule has 1 saturated heterocycles. The molecule has 0 spiro atoms. The van der Waals surface area contributed by atoms with Crippen LogP contribution in [0.5, 0.6) is 0 Å². The van der Waals surface area contributed by atoms with E-state index in [0.717, 1.165) is 42.1 Å². The SMILES string of the molecule is Cc1cncc(C2CCCN2C(=O)c2cn3c(C)cccc3n2)n1. The second-order valence-corrected chi connectivity index (χ2v) is 6.26. The lowest BCUT2D eigenvalue weighted by molar-refractivity contribution is 0.0727. The van der Waals surface area contributed by atoms with Crippen LogP contribution >= 0.6 is 0 Å². The van der Waals surface area contributed by atoms with Crippen LogP contribution in [0.15, 0.2) is 36.8 Å². The molecule has 1 aliphatic rings. The maximum Gasteiger partial charge on any atom is 0.274 e. The van der Waals surface area contributed by atoms with Gasteiger partial charge in [-0.25, -0.2) is 4.98 Å². The van der Waals surface area contributed by atoms with E-state index < -0.39 is 0 Å². The highest BCUT2D eigenvalue weighted by molar-refractivity contribution is 5.93. The van der Waals surface area contributed by atoms with E-state index in [1.807, 2.05) is 47.5 Å². The molecule has 1 fully saturated rings. The van der Waals surface area contributed by atoms with E-state index in [9.17, 15) is 4.79 Å². The first kappa shape index (κ1) is 14.8. The fourth-order valence-electron chi connectivity index (χ4n) is 3.36. The molecule has 4 heterocycles. The van der Waals surface area contributed by atoms with Crippen molar-refractivity contribution in [1.29, 1.82) is 0 Å². The average Bonchev–Trinajstić information content (AvgIpc) is 3.22. The lowest BCUT2D eigenvalue weighted by Gasteiger charge is -2.23. The van der Waals surface area contributed by atoms with Gasteiger partial charge in [0.1, 0.15) is 11.3 Å². The zero-order chi connectivity index (χ0) is 16.7. The molecular weight excluding hydrogens is 302 g/mol. The summed E-state index contributed by atoms with van der Waals surface area (Å²) >= 11 is 0. The molecule has 4 rings (SSSR count). The smallest absolute Gasteiger partial charge is 0.274 e. The Morgan fingerprint density at radius 2 is 2.08 bits per heavy atom. The third-order valence-electron chi connectivity index (χ3n) is 4.54. The number of pyridine rings is 1. The lowest BCUT2D eigenvalue weighted by atomic mass is 10.1. The minimum atomic E-state index is -0.0380. The molecule has 24 heavy (non-hydrogen) atoms. The Balaban J connectivity index is 1.68. The van der Waals surface area contributed by atoms with Gasteiger partial charge in [0.05, 0.1) is 23.6 Å². The summed E-state index contributed by atoms with van der Waals surface area (Å²) in [6.45, 7) is 4.65. The van der Waals surface area contributed by atoms with Crippen molar-refractivity contribution in [3.05, 3.63) is 59.6 Å². The number of imidazole rings is 1. The highest BCUT2D eigenvalue weighted by atomic mass is 16.2. The quantitative estimate of drug-likeness (QED) is 0.728. The third kappa shape index (κ3) is 2.44. The van der Waals surface area contributed by atoms with E-state index in [1.54, 1.807) is 12.4 Å². The summed E-state index contributed by atoms with van der Waals surface area (Å²) in [5.74, 6) is -0.0380. The normalized spacial score (nSPS) is 17.6. The molecule has 3 aromatic heterocycles. The minimum Gasteiger partial charge on any atom is -0.329 e. The number of carbonyl (C=O) groups is 1. The van der Waals surface area contributed by atoms with Crippen molar-refractivity contribution in [2.45, 2.75) is 32.7 Å². The van der Waals surface area contributed by atoms with Crippen LogP contribution in [0.4, 0.5) is 0 Å². The number of hydrogen-bond acceptors (Lipinski definition) is 4. The Morgan fingerprint density at radius 1 is 1.21 bits per heavy atom. The van der Waals surface area contributed by atoms with Crippen molar-refractivity contribution >= 4 is 11.6 Å². The first-order valence-corrected chi connectivity index (χ1v) is 8.18. The average molecular weight is 321 g/mol. The Kier molecular flexibility index (Phi) is 3.52. The zero-order valence-electron chi connectivity index (χ0n) is 13.8. The highest BCUT2D eigenvalue weighted by Crippen LogP contribution is 2.31. The van der Waals surface area contributed by atoms with Gasteiger partial charge in [-0.3, -0.25) is 14.8 Å². The van der Waals surface area contributed by atoms with E-state index >= 15 is 0 Å². The van der Waals surface area contributed by atoms with Crippen molar-refractivity contribution in [3.63, 3.8) is 0 Å². The fraction of sp³-hybridized carbons (Fsp3) is 0.333. The van der Waals surface area contributed by atoms with Crippen molar-refractivity contribution in [2.24, 2.45) is 0 Å². The van der Waals surface area contributed by atoms with Crippen molar-refractivity contribution in [2.75, 3.05) is 6.54 Å². The number of carbonyl (C=O) groups excluding carboxylic acids is 1. The molecule has 1 amide bonds. The van der Waals surface area contributed by atoms with Crippen molar-refractivity contribution in [1.82, 2.24) is 24.3 Å². The molecule has 6 heteroatoms. The van der Waals surface area contributed by atoms with Gasteiger partial charge in [0.2, 0.25) is 0 Å². The summed E-state index contributed by atoms with van der Waals surface area (Å²) in [6.07, 6.45) is 7.20. The Hall–Kier alpha value is -2.76. The topological polar surface area (TPSA) is 63.4 Å². The molecule has 122 valence electrons.